The Balaban J connectivity index is 1.24. The van der Waals surface area contributed by atoms with Crippen molar-refractivity contribution in [1.29, 1.82) is 0 Å². The summed E-state index contributed by atoms with van der Waals surface area (Å²) in [6, 6.07) is 39.0. The predicted molar refractivity (Wildman–Crippen MR) is 188 cm³/mol. The molecule has 2 aliphatic rings. The summed E-state index contributed by atoms with van der Waals surface area (Å²) in [5.74, 6) is 0. The largest absolute Gasteiger partial charge is 0.387 e. The Labute approximate surface area is 299 Å². The Hall–Kier alpha value is -3.52. The minimum absolute atomic E-state index is 0.0741. The molecule has 6 rings (SSSR count). The molecule has 10 heteroatoms. The summed E-state index contributed by atoms with van der Waals surface area (Å²) >= 11 is 0. The summed E-state index contributed by atoms with van der Waals surface area (Å²) in [5, 5.41) is 23.2. The maximum absolute atomic E-state index is 11.6. The van der Waals surface area contributed by atoms with Crippen molar-refractivity contribution in [3.63, 3.8) is 0 Å². The molecule has 2 N–H and O–H groups in total. The van der Waals surface area contributed by atoms with E-state index in [1.165, 1.54) is 0 Å². The maximum atomic E-state index is 11.6. The average Bonchev–Trinajstić information content (AvgIpc) is 3.17. The van der Waals surface area contributed by atoms with E-state index in [4.69, 9.17) is 37.9 Å². The molecular weight excluding hydrogens is 652 g/mol. The quantitative estimate of drug-likeness (QED) is 0.162. The Morgan fingerprint density at radius 3 is 1.45 bits per heavy atom. The zero-order chi connectivity index (χ0) is 35.4. The fraction of sp³-hybridized carbons (Fsp3) is 0.415. The molecule has 4 aromatic carbocycles. The van der Waals surface area contributed by atoms with Crippen molar-refractivity contribution in [3.8, 4) is 0 Å². The number of methoxy groups -OCH3 is 1. The molecule has 2 fully saturated rings. The first-order valence-corrected chi connectivity index (χ1v) is 17.4. The Morgan fingerprint density at radius 1 is 0.510 bits per heavy atom. The van der Waals surface area contributed by atoms with E-state index < -0.39 is 61.4 Å². The third kappa shape index (κ3) is 10.1. The molecule has 0 aliphatic carbocycles. The van der Waals surface area contributed by atoms with Crippen LogP contribution in [0.2, 0.25) is 0 Å². The van der Waals surface area contributed by atoms with Crippen LogP contribution in [-0.2, 0) is 64.3 Å². The molecule has 0 bridgehead atoms. The van der Waals surface area contributed by atoms with Gasteiger partial charge in [0.15, 0.2) is 12.6 Å². The lowest BCUT2D eigenvalue weighted by Gasteiger charge is -2.48. The Bertz CT molecular complexity index is 1550. The zero-order valence-corrected chi connectivity index (χ0v) is 29.0. The summed E-state index contributed by atoms with van der Waals surface area (Å²) in [5.41, 5.74) is 3.82. The van der Waals surface area contributed by atoms with Gasteiger partial charge < -0.3 is 48.1 Å². The average molecular weight is 701 g/mol. The van der Waals surface area contributed by atoms with Crippen LogP contribution in [0.15, 0.2) is 121 Å². The first-order chi connectivity index (χ1) is 25.0. The number of hydrogen-bond donors (Lipinski definition) is 2. The number of rotatable bonds is 16. The smallest absolute Gasteiger partial charge is 0.187 e. The predicted octanol–water partition coefficient (Wildman–Crippen LogP) is 5.18. The molecule has 10 atom stereocenters. The molecule has 0 saturated carbocycles. The monoisotopic (exact) mass is 700 g/mol. The molecule has 272 valence electrons. The van der Waals surface area contributed by atoms with E-state index in [9.17, 15) is 10.2 Å². The van der Waals surface area contributed by atoms with Crippen LogP contribution < -0.4 is 0 Å². The molecule has 0 unspecified atom stereocenters. The fourth-order valence-electron chi connectivity index (χ4n) is 6.40. The van der Waals surface area contributed by atoms with Gasteiger partial charge in [0.1, 0.15) is 42.7 Å². The van der Waals surface area contributed by atoms with Crippen molar-refractivity contribution in [3.05, 3.63) is 144 Å². The lowest BCUT2D eigenvalue weighted by molar-refractivity contribution is -0.367. The topological polar surface area (TPSA) is 114 Å². The summed E-state index contributed by atoms with van der Waals surface area (Å²) in [6.07, 6.45) is -9.42. The summed E-state index contributed by atoms with van der Waals surface area (Å²) in [7, 11) is 1.54. The van der Waals surface area contributed by atoms with Gasteiger partial charge in [-0.15, -0.1) is 0 Å². The fourth-order valence-corrected chi connectivity index (χ4v) is 6.40. The van der Waals surface area contributed by atoms with Crippen LogP contribution in [0.5, 0.6) is 0 Å². The van der Waals surface area contributed by atoms with Crippen LogP contribution in [0.25, 0.3) is 0 Å². The van der Waals surface area contributed by atoms with Gasteiger partial charge in [-0.3, -0.25) is 0 Å². The van der Waals surface area contributed by atoms with Crippen LogP contribution in [0.4, 0.5) is 0 Å². The van der Waals surface area contributed by atoms with Gasteiger partial charge in [0.05, 0.1) is 39.1 Å². The van der Waals surface area contributed by atoms with Crippen molar-refractivity contribution in [2.75, 3.05) is 13.7 Å². The number of hydrogen-bond acceptors (Lipinski definition) is 10. The number of benzene rings is 4. The van der Waals surface area contributed by atoms with Crippen LogP contribution in [0.3, 0.4) is 0 Å². The van der Waals surface area contributed by atoms with E-state index in [0.29, 0.717) is 6.61 Å². The van der Waals surface area contributed by atoms with Gasteiger partial charge in [-0.25, -0.2) is 0 Å². The van der Waals surface area contributed by atoms with Gasteiger partial charge >= 0.3 is 0 Å². The molecule has 2 aliphatic heterocycles. The first kappa shape index (κ1) is 37.2. The van der Waals surface area contributed by atoms with Crippen LogP contribution >= 0.6 is 0 Å². The zero-order valence-electron chi connectivity index (χ0n) is 29.0. The van der Waals surface area contributed by atoms with Crippen molar-refractivity contribution >= 4 is 0 Å². The first-order valence-electron chi connectivity index (χ1n) is 17.4. The van der Waals surface area contributed by atoms with Crippen LogP contribution in [0, 0.1) is 0 Å². The highest BCUT2D eigenvalue weighted by molar-refractivity contribution is 5.16. The standard InChI is InChI=1S/C41H48O10/c1-28-36(46-24-30-17-9-4-10-18-30)38(39(41(44-2)49-28)48-26-32-21-13-6-14-22-32)51-40-35(43)34(42)37(47-25-31-19-11-5-12-20-31)33(50-40)27-45-23-29-15-7-3-8-16-29/h3-22,28,33-43H,23-27H2,1-2H3/t28-,33+,34+,35+,36-,37-,38+,39+,40+,41+/m0/s1. The van der Waals surface area contributed by atoms with Gasteiger partial charge in [-0.1, -0.05) is 121 Å². The maximum Gasteiger partial charge on any atom is 0.187 e. The highest BCUT2D eigenvalue weighted by Gasteiger charge is 2.52. The van der Waals surface area contributed by atoms with Crippen molar-refractivity contribution in [1.82, 2.24) is 0 Å². The summed E-state index contributed by atoms with van der Waals surface area (Å²) in [6.45, 7) is 3.02. The van der Waals surface area contributed by atoms with E-state index in [2.05, 4.69) is 0 Å². The van der Waals surface area contributed by atoms with Crippen molar-refractivity contribution in [2.45, 2.75) is 94.8 Å². The highest BCUT2D eigenvalue weighted by atomic mass is 16.7. The van der Waals surface area contributed by atoms with Crippen molar-refractivity contribution in [2.24, 2.45) is 0 Å². The number of aliphatic hydroxyl groups is 2. The lowest BCUT2D eigenvalue weighted by atomic mass is 9.96. The lowest BCUT2D eigenvalue weighted by Crippen LogP contribution is -2.65. The molecule has 2 heterocycles. The molecule has 2 saturated heterocycles. The van der Waals surface area contributed by atoms with Gasteiger partial charge in [-0.05, 0) is 29.2 Å². The van der Waals surface area contributed by atoms with Gasteiger partial charge in [-0.2, -0.15) is 0 Å². The third-order valence-corrected chi connectivity index (χ3v) is 9.14. The second kappa shape index (κ2) is 18.8. The Morgan fingerprint density at radius 2 is 0.961 bits per heavy atom. The van der Waals surface area contributed by atoms with Crippen LogP contribution in [-0.4, -0.2) is 85.3 Å². The summed E-state index contributed by atoms with van der Waals surface area (Å²) < 4.78 is 50.4. The second-order valence-corrected chi connectivity index (χ2v) is 12.9. The molecule has 0 aromatic heterocycles. The van der Waals surface area contributed by atoms with Gasteiger partial charge in [0.25, 0.3) is 0 Å². The summed E-state index contributed by atoms with van der Waals surface area (Å²) in [4.78, 5) is 0. The second-order valence-electron chi connectivity index (χ2n) is 12.9. The molecule has 4 aromatic rings. The van der Waals surface area contributed by atoms with Crippen molar-refractivity contribution < 1.29 is 48.1 Å². The highest BCUT2D eigenvalue weighted by Crippen LogP contribution is 2.34. The molecule has 0 amide bonds. The third-order valence-electron chi connectivity index (χ3n) is 9.14. The van der Waals surface area contributed by atoms with E-state index >= 15 is 0 Å². The minimum Gasteiger partial charge on any atom is -0.387 e. The normalized spacial score (nSPS) is 29.5. The molecular formula is C41H48O10. The van der Waals surface area contributed by atoms with Gasteiger partial charge in [0.2, 0.25) is 0 Å². The SMILES string of the molecule is CO[C@@H]1O[C@@H](C)[C@H](OCc2ccccc2)[C@@H](O[C@H]2O[C@H](COCc3ccccc3)[C@H](OCc3ccccc3)[C@H](O)[C@H]2O)[C@H]1OCc1ccccc1. The minimum atomic E-state index is -1.47. The van der Waals surface area contributed by atoms with Crippen LogP contribution in [0.1, 0.15) is 29.2 Å². The van der Waals surface area contributed by atoms with E-state index in [1.807, 2.05) is 128 Å². The van der Waals surface area contributed by atoms with E-state index in [0.717, 1.165) is 22.3 Å². The van der Waals surface area contributed by atoms with E-state index in [-0.39, 0.29) is 26.4 Å². The molecule has 10 nitrogen and oxygen atoms in total. The Kier molecular flexibility index (Phi) is 13.7. The molecule has 0 radical (unpaired) electrons. The van der Waals surface area contributed by atoms with Gasteiger partial charge in [0, 0.05) is 7.11 Å². The van der Waals surface area contributed by atoms with E-state index in [1.54, 1.807) is 7.11 Å². The number of ether oxygens (including phenoxy) is 8. The molecule has 51 heavy (non-hydrogen) atoms. The molecule has 0 spiro atoms. The number of aliphatic hydroxyl groups excluding tert-OH is 2.